The Morgan fingerprint density at radius 1 is 1.15 bits per heavy atom. The Balaban J connectivity index is 0.00000200. The highest BCUT2D eigenvalue weighted by Crippen LogP contribution is 2.26. The van der Waals surface area contributed by atoms with Crippen molar-refractivity contribution in [3.05, 3.63) is 41.5 Å². The maximum Gasteiger partial charge on any atom is 0.339 e. The van der Waals surface area contributed by atoms with E-state index in [1.165, 1.54) is 12.1 Å². The average Bonchev–Trinajstić information content (AvgIpc) is 2.37. The predicted molar refractivity (Wildman–Crippen MR) is 75.8 cm³/mol. The van der Waals surface area contributed by atoms with Crippen LogP contribution in [0.2, 0.25) is 0 Å². The normalized spacial score (nSPS) is 9.85. The monoisotopic (exact) mass is 296 g/mol. The van der Waals surface area contributed by atoms with Gasteiger partial charge in [-0.05, 0) is 42.0 Å². The quantitative estimate of drug-likeness (QED) is 0.851. The topological polar surface area (TPSA) is 83.8 Å². The van der Waals surface area contributed by atoms with Crippen LogP contribution < -0.4 is 0 Å². The summed E-state index contributed by atoms with van der Waals surface area (Å²) in [5, 5.41) is 19.7. The van der Waals surface area contributed by atoms with Crippen LogP contribution in [-0.4, -0.2) is 28.8 Å². The van der Waals surface area contributed by atoms with Gasteiger partial charge in [0.15, 0.2) is 0 Å². The molecule has 0 aliphatic heterocycles. The number of esters is 1. The van der Waals surface area contributed by atoms with Crippen molar-refractivity contribution in [2.45, 2.75) is 6.92 Å². The van der Waals surface area contributed by atoms with Crippen molar-refractivity contribution in [3.8, 4) is 5.75 Å². The summed E-state index contributed by atoms with van der Waals surface area (Å²) in [6.45, 7) is 1.98. The molecule has 0 amide bonds. The summed E-state index contributed by atoms with van der Waals surface area (Å²) in [7, 11) is 0. The van der Waals surface area contributed by atoms with Crippen LogP contribution in [0.5, 0.6) is 5.75 Å². The van der Waals surface area contributed by atoms with Crippen molar-refractivity contribution in [2.24, 2.45) is 0 Å². The third-order valence-corrected chi connectivity index (χ3v) is 2.70. The Kier molecular flexibility index (Phi) is 4.94. The molecule has 6 heteroatoms. The number of carbonyl (C=O) groups excluding carboxylic acids is 1. The SMILES string of the molecule is CCOC(=O)c1ccc2cc(O)c(C(=O)O)cc2c1.Cl. The van der Waals surface area contributed by atoms with Gasteiger partial charge >= 0.3 is 11.9 Å². The zero-order valence-electron chi connectivity index (χ0n) is 10.6. The summed E-state index contributed by atoms with van der Waals surface area (Å²) >= 11 is 0. The molecule has 0 bridgehead atoms. The van der Waals surface area contributed by atoms with Gasteiger partial charge in [-0.25, -0.2) is 9.59 Å². The molecule has 5 nitrogen and oxygen atoms in total. The fourth-order valence-corrected chi connectivity index (χ4v) is 1.80. The molecule has 0 spiro atoms. The van der Waals surface area contributed by atoms with Crippen molar-refractivity contribution in [1.82, 2.24) is 0 Å². The number of hydrogen-bond acceptors (Lipinski definition) is 4. The van der Waals surface area contributed by atoms with Crippen LogP contribution in [0.25, 0.3) is 10.8 Å². The maximum atomic E-state index is 11.6. The van der Waals surface area contributed by atoms with Gasteiger partial charge in [-0.15, -0.1) is 12.4 Å². The fraction of sp³-hybridized carbons (Fsp3) is 0.143. The van der Waals surface area contributed by atoms with E-state index in [2.05, 4.69) is 0 Å². The number of carboxylic acid groups (broad SMARTS) is 1. The van der Waals surface area contributed by atoms with E-state index in [0.717, 1.165) is 0 Å². The lowest BCUT2D eigenvalue weighted by Gasteiger charge is -2.06. The van der Waals surface area contributed by atoms with Gasteiger partial charge in [0.1, 0.15) is 11.3 Å². The van der Waals surface area contributed by atoms with Gasteiger partial charge in [-0.1, -0.05) is 6.07 Å². The molecule has 0 aromatic heterocycles. The molecule has 0 heterocycles. The van der Waals surface area contributed by atoms with E-state index < -0.39 is 11.9 Å². The number of fused-ring (bicyclic) bond motifs is 1. The highest BCUT2D eigenvalue weighted by molar-refractivity contribution is 6.00. The van der Waals surface area contributed by atoms with E-state index in [1.807, 2.05) is 0 Å². The van der Waals surface area contributed by atoms with Crippen LogP contribution in [0.1, 0.15) is 27.6 Å². The fourth-order valence-electron chi connectivity index (χ4n) is 1.80. The first-order valence-electron chi connectivity index (χ1n) is 5.70. The minimum atomic E-state index is -1.22. The van der Waals surface area contributed by atoms with E-state index in [4.69, 9.17) is 9.84 Å². The van der Waals surface area contributed by atoms with E-state index in [1.54, 1.807) is 25.1 Å². The molecule has 0 aliphatic carbocycles. The molecular formula is C14H13ClO5. The first-order chi connectivity index (χ1) is 9.02. The highest BCUT2D eigenvalue weighted by atomic mass is 35.5. The largest absolute Gasteiger partial charge is 0.507 e. The molecule has 0 aliphatic rings. The van der Waals surface area contributed by atoms with Crippen molar-refractivity contribution in [1.29, 1.82) is 0 Å². The summed E-state index contributed by atoms with van der Waals surface area (Å²) in [6.07, 6.45) is 0. The average molecular weight is 297 g/mol. The zero-order valence-corrected chi connectivity index (χ0v) is 11.4. The smallest absolute Gasteiger partial charge is 0.339 e. The van der Waals surface area contributed by atoms with Crippen molar-refractivity contribution in [2.75, 3.05) is 6.61 Å². The second kappa shape index (κ2) is 6.25. The van der Waals surface area contributed by atoms with Gasteiger partial charge in [0.05, 0.1) is 12.2 Å². The number of carbonyl (C=O) groups is 2. The Hall–Kier alpha value is -2.27. The third-order valence-electron chi connectivity index (χ3n) is 2.70. The molecule has 0 saturated carbocycles. The first kappa shape index (κ1) is 15.8. The molecule has 0 unspecified atom stereocenters. The van der Waals surface area contributed by atoms with Gasteiger partial charge in [0, 0.05) is 0 Å². The Bertz CT molecular complexity index is 666. The molecule has 0 saturated heterocycles. The van der Waals surface area contributed by atoms with Crippen LogP contribution in [-0.2, 0) is 4.74 Å². The molecule has 2 rings (SSSR count). The Morgan fingerprint density at radius 3 is 2.45 bits per heavy atom. The summed E-state index contributed by atoms with van der Waals surface area (Å²) in [5.41, 5.74) is 0.143. The Morgan fingerprint density at radius 2 is 1.85 bits per heavy atom. The summed E-state index contributed by atoms with van der Waals surface area (Å²) in [4.78, 5) is 22.5. The van der Waals surface area contributed by atoms with Gasteiger partial charge < -0.3 is 14.9 Å². The number of aromatic carboxylic acids is 1. The lowest BCUT2D eigenvalue weighted by atomic mass is 10.0. The second-order valence-corrected chi connectivity index (χ2v) is 3.96. The van der Waals surface area contributed by atoms with Crippen molar-refractivity contribution < 1.29 is 24.5 Å². The van der Waals surface area contributed by atoms with Crippen LogP contribution in [0.3, 0.4) is 0 Å². The molecule has 2 N–H and O–H groups in total. The van der Waals surface area contributed by atoms with Gasteiger partial charge in [-0.2, -0.15) is 0 Å². The standard InChI is InChI=1S/C14H12O5.ClH/c1-2-19-14(18)9-4-3-8-7-12(15)11(13(16)17)6-10(8)5-9;/h3-7,15H,2H2,1H3,(H,16,17);1H. The van der Waals surface area contributed by atoms with Gasteiger partial charge in [-0.3, -0.25) is 0 Å². The third kappa shape index (κ3) is 3.00. The number of phenols is 1. The number of benzene rings is 2. The predicted octanol–water partition coefficient (Wildman–Crippen LogP) is 2.84. The summed E-state index contributed by atoms with van der Waals surface area (Å²) in [6, 6.07) is 7.43. The van der Waals surface area contributed by atoms with E-state index in [-0.39, 0.29) is 30.3 Å². The second-order valence-electron chi connectivity index (χ2n) is 3.96. The van der Waals surface area contributed by atoms with Gasteiger partial charge in [0.25, 0.3) is 0 Å². The molecule has 106 valence electrons. The minimum Gasteiger partial charge on any atom is -0.507 e. The number of rotatable bonds is 3. The van der Waals surface area contributed by atoms with E-state index in [9.17, 15) is 14.7 Å². The number of halogens is 1. The molecule has 0 atom stereocenters. The molecular weight excluding hydrogens is 284 g/mol. The van der Waals surface area contributed by atoms with Crippen molar-refractivity contribution in [3.63, 3.8) is 0 Å². The number of hydrogen-bond donors (Lipinski definition) is 2. The Labute approximate surface area is 121 Å². The lowest BCUT2D eigenvalue weighted by molar-refractivity contribution is 0.0526. The summed E-state index contributed by atoms with van der Waals surface area (Å²) < 4.78 is 4.87. The summed E-state index contributed by atoms with van der Waals surface area (Å²) in [5.74, 6) is -1.99. The molecule has 20 heavy (non-hydrogen) atoms. The number of aromatic hydroxyl groups is 1. The van der Waals surface area contributed by atoms with E-state index in [0.29, 0.717) is 16.3 Å². The maximum absolute atomic E-state index is 11.6. The highest BCUT2D eigenvalue weighted by Gasteiger charge is 2.13. The van der Waals surface area contributed by atoms with E-state index >= 15 is 0 Å². The van der Waals surface area contributed by atoms with Crippen molar-refractivity contribution >= 4 is 35.1 Å². The number of carboxylic acids is 1. The first-order valence-corrected chi connectivity index (χ1v) is 5.70. The lowest BCUT2D eigenvalue weighted by Crippen LogP contribution is -2.04. The molecule has 2 aromatic rings. The van der Waals surface area contributed by atoms with Crippen LogP contribution in [0, 0.1) is 0 Å². The number of ether oxygens (including phenoxy) is 1. The van der Waals surface area contributed by atoms with Crippen LogP contribution in [0.4, 0.5) is 0 Å². The molecule has 0 fully saturated rings. The van der Waals surface area contributed by atoms with Gasteiger partial charge in [0.2, 0.25) is 0 Å². The minimum absolute atomic E-state index is 0. The van der Waals surface area contributed by atoms with Crippen LogP contribution >= 0.6 is 12.4 Å². The molecule has 0 radical (unpaired) electrons. The zero-order chi connectivity index (χ0) is 14.0. The van der Waals surface area contributed by atoms with Crippen LogP contribution in [0.15, 0.2) is 30.3 Å². The molecule has 2 aromatic carbocycles.